The second-order valence-corrected chi connectivity index (χ2v) is 12.6. The Hall–Kier alpha value is -3.75. The van der Waals surface area contributed by atoms with Crippen LogP contribution in [0.4, 0.5) is 0 Å². The summed E-state index contributed by atoms with van der Waals surface area (Å²) in [4.78, 5) is 35.1. The number of nitrogens with zero attached hydrogens (tertiary/aromatic N) is 2. The Bertz CT molecular complexity index is 1630. The van der Waals surface area contributed by atoms with E-state index < -0.39 is 5.54 Å². The van der Waals surface area contributed by atoms with E-state index in [2.05, 4.69) is 33.8 Å². The number of carbonyl (C=O) groups is 2. The first-order chi connectivity index (χ1) is 20.0. The molecule has 0 radical (unpaired) electrons. The van der Waals surface area contributed by atoms with E-state index in [4.69, 9.17) is 4.74 Å². The minimum Gasteiger partial charge on any atom is -0.492 e. The summed E-state index contributed by atoms with van der Waals surface area (Å²) >= 11 is 1.53. The summed E-state index contributed by atoms with van der Waals surface area (Å²) in [5, 5.41) is 7.78. The third-order valence-electron chi connectivity index (χ3n) is 8.66. The molecule has 1 aliphatic carbocycles. The molecule has 2 N–H and O–H groups in total. The number of thiophene rings is 1. The fourth-order valence-corrected chi connectivity index (χ4v) is 6.86. The molecule has 2 aromatic heterocycles. The molecule has 210 valence electrons. The summed E-state index contributed by atoms with van der Waals surface area (Å²) in [5.41, 5.74) is 4.08. The van der Waals surface area contributed by atoms with Gasteiger partial charge in [-0.15, -0.1) is 11.3 Å². The molecule has 1 saturated carbocycles. The maximum atomic E-state index is 13.7. The van der Waals surface area contributed by atoms with Crippen LogP contribution in [0.5, 0.6) is 5.75 Å². The number of likely N-dealkylation sites (tertiary alicyclic amines) is 1. The van der Waals surface area contributed by atoms with Crippen LogP contribution in [0.25, 0.3) is 21.3 Å². The summed E-state index contributed by atoms with van der Waals surface area (Å²) in [6, 6.07) is 18.4. The van der Waals surface area contributed by atoms with E-state index in [-0.39, 0.29) is 11.8 Å². The molecule has 0 bridgehead atoms. The number of rotatable bonds is 8. The topological polar surface area (TPSA) is 83.6 Å². The Morgan fingerprint density at radius 2 is 1.95 bits per heavy atom. The van der Waals surface area contributed by atoms with Crippen LogP contribution < -0.4 is 15.4 Å². The second kappa shape index (κ2) is 10.6. The molecule has 2 saturated heterocycles. The van der Waals surface area contributed by atoms with Crippen molar-refractivity contribution in [2.75, 3.05) is 26.2 Å². The SMILES string of the molecule is Cc1ccc(OC[C@@H]2CCN2)cc1C(=O)NC1(c2cc(-c3ccc(C(=O)N4CCCC4)s3)cc3ncccc23)CC1. The Labute approximate surface area is 243 Å². The van der Waals surface area contributed by atoms with Gasteiger partial charge in [-0.1, -0.05) is 12.1 Å². The lowest BCUT2D eigenvalue weighted by atomic mass is 9.95. The van der Waals surface area contributed by atoms with Crippen molar-refractivity contribution in [1.82, 2.24) is 20.5 Å². The van der Waals surface area contributed by atoms with Crippen LogP contribution in [0.3, 0.4) is 0 Å². The standard InChI is InChI=1S/C33H34N4O3S/c1-21-6-7-24(40-20-23-10-14-34-23)19-26(21)31(38)36-33(11-12-33)27-17-22(18-28-25(27)5-4-13-35-28)29-8-9-30(41-29)32(39)37-15-2-3-16-37/h4-9,13,17-19,23,34H,2-3,10-12,14-16,20H2,1H3,(H,36,38)/t23-/m0/s1. The molecule has 4 heterocycles. The summed E-state index contributed by atoms with van der Waals surface area (Å²) in [6.45, 7) is 5.28. The van der Waals surface area contributed by atoms with Crippen LogP contribution in [0.15, 0.2) is 60.8 Å². The highest BCUT2D eigenvalue weighted by molar-refractivity contribution is 7.17. The molecule has 1 atom stereocenters. The van der Waals surface area contributed by atoms with Crippen molar-refractivity contribution in [1.29, 1.82) is 0 Å². The van der Waals surface area contributed by atoms with Gasteiger partial charge in [0.1, 0.15) is 12.4 Å². The molecular weight excluding hydrogens is 532 g/mol. The van der Waals surface area contributed by atoms with Crippen molar-refractivity contribution in [3.05, 3.63) is 82.4 Å². The highest BCUT2D eigenvalue weighted by atomic mass is 32.1. The number of pyridine rings is 1. The van der Waals surface area contributed by atoms with E-state index in [1.807, 2.05) is 48.2 Å². The Kier molecular flexibility index (Phi) is 6.75. The van der Waals surface area contributed by atoms with Crippen molar-refractivity contribution < 1.29 is 14.3 Å². The molecule has 8 heteroatoms. The number of carbonyl (C=O) groups excluding carboxylic acids is 2. The zero-order valence-corrected chi connectivity index (χ0v) is 24.1. The first-order valence-corrected chi connectivity index (χ1v) is 15.4. The van der Waals surface area contributed by atoms with Crippen molar-refractivity contribution >= 4 is 34.1 Å². The van der Waals surface area contributed by atoms with Crippen molar-refractivity contribution in [2.45, 2.75) is 50.6 Å². The number of aryl methyl sites for hydroxylation is 1. The highest BCUT2D eigenvalue weighted by Gasteiger charge is 2.47. The van der Waals surface area contributed by atoms with Crippen LogP contribution in [0.1, 0.15) is 63.3 Å². The van der Waals surface area contributed by atoms with Gasteiger partial charge in [0.05, 0.1) is 15.9 Å². The number of benzene rings is 2. The lowest BCUT2D eigenvalue weighted by molar-refractivity contribution is 0.0797. The van der Waals surface area contributed by atoms with Gasteiger partial charge in [-0.25, -0.2) is 0 Å². The third-order valence-corrected chi connectivity index (χ3v) is 9.79. The van der Waals surface area contributed by atoms with Crippen LogP contribution in [0.2, 0.25) is 0 Å². The van der Waals surface area contributed by atoms with Crippen LogP contribution >= 0.6 is 11.3 Å². The van der Waals surface area contributed by atoms with E-state index in [1.54, 1.807) is 6.20 Å². The van der Waals surface area contributed by atoms with Crippen LogP contribution in [0, 0.1) is 6.92 Å². The minimum atomic E-state index is -0.459. The van der Waals surface area contributed by atoms with Crippen molar-refractivity contribution in [2.24, 2.45) is 0 Å². The van der Waals surface area contributed by atoms with Crippen molar-refractivity contribution in [3.8, 4) is 16.2 Å². The first kappa shape index (κ1) is 26.2. The Morgan fingerprint density at radius 1 is 1.12 bits per heavy atom. The molecule has 0 unspecified atom stereocenters. The predicted molar refractivity (Wildman–Crippen MR) is 162 cm³/mol. The van der Waals surface area contributed by atoms with Gasteiger partial charge < -0.3 is 20.3 Å². The van der Waals surface area contributed by atoms with Gasteiger partial charge in [-0.3, -0.25) is 14.6 Å². The molecule has 3 aliphatic rings. The van der Waals surface area contributed by atoms with Crippen LogP contribution in [-0.4, -0.2) is 54.0 Å². The normalized spacial score (nSPS) is 19.1. The smallest absolute Gasteiger partial charge is 0.263 e. The number of aromatic nitrogens is 1. The van der Waals surface area contributed by atoms with Gasteiger partial charge in [0.2, 0.25) is 0 Å². The number of amides is 2. The molecule has 41 heavy (non-hydrogen) atoms. The second-order valence-electron chi connectivity index (χ2n) is 11.5. The lowest BCUT2D eigenvalue weighted by Gasteiger charge is -2.27. The minimum absolute atomic E-state index is 0.0933. The fourth-order valence-electron chi connectivity index (χ4n) is 5.90. The van der Waals surface area contributed by atoms with Crippen molar-refractivity contribution in [3.63, 3.8) is 0 Å². The monoisotopic (exact) mass is 566 g/mol. The fraction of sp³-hybridized carbons (Fsp3) is 0.364. The number of ether oxygens (including phenoxy) is 1. The number of hydrogen-bond acceptors (Lipinski definition) is 6. The van der Waals surface area contributed by atoms with Gasteiger partial charge in [0, 0.05) is 41.2 Å². The number of hydrogen-bond donors (Lipinski definition) is 2. The number of nitrogens with one attached hydrogen (secondary N) is 2. The largest absolute Gasteiger partial charge is 0.492 e. The van der Waals surface area contributed by atoms with Gasteiger partial charge in [-0.05, 0) is 105 Å². The summed E-state index contributed by atoms with van der Waals surface area (Å²) < 4.78 is 5.98. The molecule has 4 aromatic rings. The molecule has 2 amide bonds. The zero-order chi connectivity index (χ0) is 28.0. The summed E-state index contributed by atoms with van der Waals surface area (Å²) in [7, 11) is 0. The number of fused-ring (bicyclic) bond motifs is 1. The lowest BCUT2D eigenvalue weighted by Crippen LogP contribution is -2.46. The van der Waals surface area contributed by atoms with E-state index >= 15 is 0 Å². The molecule has 0 spiro atoms. The van der Waals surface area contributed by atoms with Gasteiger partial charge in [-0.2, -0.15) is 0 Å². The van der Waals surface area contributed by atoms with Gasteiger partial charge >= 0.3 is 0 Å². The summed E-state index contributed by atoms with van der Waals surface area (Å²) in [5.74, 6) is 0.742. The Morgan fingerprint density at radius 3 is 2.71 bits per heavy atom. The summed E-state index contributed by atoms with van der Waals surface area (Å²) in [6.07, 6.45) is 6.79. The van der Waals surface area contributed by atoms with Crippen LogP contribution in [-0.2, 0) is 5.54 Å². The van der Waals surface area contributed by atoms with E-state index in [0.29, 0.717) is 24.0 Å². The molecule has 2 aromatic carbocycles. The van der Waals surface area contributed by atoms with E-state index in [0.717, 1.165) is 89.1 Å². The maximum Gasteiger partial charge on any atom is 0.263 e. The maximum absolute atomic E-state index is 13.7. The average Bonchev–Trinajstić information content (AvgIpc) is 3.33. The first-order valence-electron chi connectivity index (χ1n) is 14.6. The molecule has 3 fully saturated rings. The average molecular weight is 567 g/mol. The predicted octanol–water partition coefficient (Wildman–Crippen LogP) is 5.67. The Balaban J connectivity index is 1.18. The van der Waals surface area contributed by atoms with Gasteiger partial charge in [0.15, 0.2) is 0 Å². The van der Waals surface area contributed by atoms with E-state index in [9.17, 15) is 9.59 Å². The highest BCUT2D eigenvalue weighted by Crippen LogP contribution is 2.49. The molecule has 7 nitrogen and oxygen atoms in total. The molecule has 2 aliphatic heterocycles. The quantitative estimate of drug-likeness (QED) is 0.287. The third kappa shape index (κ3) is 5.11. The van der Waals surface area contributed by atoms with E-state index in [1.165, 1.54) is 11.3 Å². The zero-order valence-electron chi connectivity index (χ0n) is 23.2. The van der Waals surface area contributed by atoms with Gasteiger partial charge in [0.25, 0.3) is 11.8 Å². The molecular formula is C33H34N4O3S. The molecule has 7 rings (SSSR count).